The molecule has 0 saturated carbocycles. The Balaban J connectivity index is 2.29. The quantitative estimate of drug-likeness (QED) is 0.709. The highest BCUT2D eigenvalue weighted by molar-refractivity contribution is 5.31. The van der Waals surface area contributed by atoms with E-state index in [0.29, 0.717) is 18.0 Å². The van der Waals surface area contributed by atoms with Crippen LogP contribution >= 0.6 is 0 Å². The third-order valence-corrected chi connectivity index (χ3v) is 4.68. The lowest BCUT2D eigenvalue weighted by molar-refractivity contribution is 0.145. The first kappa shape index (κ1) is 17.6. The zero-order chi connectivity index (χ0) is 17.0. The molecule has 0 bridgehead atoms. The maximum atomic E-state index is 5.37. The summed E-state index contributed by atoms with van der Waals surface area (Å²) in [5.74, 6) is 1.45. The number of hydrogen-bond donors (Lipinski definition) is 0. The summed E-state index contributed by atoms with van der Waals surface area (Å²) < 4.78 is 5.37. The Morgan fingerprint density at radius 1 is 0.913 bits per heavy atom. The second-order valence-corrected chi connectivity index (χ2v) is 6.72. The van der Waals surface area contributed by atoms with E-state index in [1.165, 1.54) is 16.7 Å². The van der Waals surface area contributed by atoms with E-state index in [0.717, 1.165) is 5.75 Å². The fraction of sp³-hybridized carbons (Fsp3) is 0.429. The van der Waals surface area contributed by atoms with Crippen LogP contribution in [-0.2, 0) is 0 Å². The minimum atomic E-state index is 0.318. The second kappa shape index (κ2) is 7.65. The van der Waals surface area contributed by atoms with E-state index >= 15 is 0 Å². The Morgan fingerprint density at radius 2 is 1.57 bits per heavy atom. The molecule has 2 aromatic carbocycles. The van der Waals surface area contributed by atoms with Crippen LogP contribution in [0.4, 0.5) is 0 Å². The van der Waals surface area contributed by atoms with Gasteiger partial charge in [0.1, 0.15) is 5.75 Å². The molecule has 0 fully saturated rings. The van der Waals surface area contributed by atoms with Gasteiger partial charge >= 0.3 is 0 Å². The Morgan fingerprint density at radius 3 is 2.13 bits per heavy atom. The number of hydrogen-bond acceptors (Lipinski definition) is 2. The van der Waals surface area contributed by atoms with Gasteiger partial charge in [-0.3, -0.25) is 4.90 Å². The standard InChI is InChI=1S/C21H29NO/c1-15(2)21(18-12-10-16(3)11-13-18)22(5)17(4)19-8-7-9-20(14-19)23-6/h7-15,17,21H,1-6H3/t17-,21?/m0/s1. The SMILES string of the molecule is COc1cccc([C@H](C)N(C)C(c2ccc(C)cc2)C(C)C)c1. The van der Waals surface area contributed by atoms with Gasteiger partial charge in [0.15, 0.2) is 0 Å². The summed E-state index contributed by atoms with van der Waals surface area (Å²) in [6.45, 7) is 8.98. The van der Waals surface area contributed by atoms with Gasteiger partial charge in [0.05, 0.1) is 7.11 Å². The zero-order valence-electron chi connectivity index (χ0n) is 15.2. The van der Waals surface area contributed by atoms with Crippen molar-refractivity contribution in [2.24, 2.45) is 5.92 Å². The summed E-state index contributed by atoms with van der Waals surface area (Å²) in [6, 6.07) is 18.0. The molecular weight excluding hydrogens is 282 g/mol. The number of methoxy groups -OCH3 is 1. The molecule has 23 heavy (non-hydrogen) atoms. The molecule has 2 heteroatoms. The van der Waals surface area contributed by atoms with Gasteiger partial charge in [-0.15, -0.1) is 0 Å². The highest BCUT2D eigenvalue weighted by Gasteiger charge is 2.25. The fourth-order valence-electron chi connectivity index (χ4n) is 3.23. The molecule has 2 nitrogen and oxygen atoms in total. The van der Waals surface area contributed by atoms with Crippen molar-refractivity contribution in [3.05, 3.63) is 65.2 Å². The number of benzene rings is 2. The summed E-state index contributed by atoms with van der Waals surface area (Å²) in [7, 11) is 3.94. The Labute approximate surface area is 141 Å². The molecule has 0 aliphatic carbocycles. The van der Waals surface area contributed by atoms with Crippen LogP contribution in [0.25, 0.3) is 0 Å². The van der Waals surface area contributed by atoms with Gasteiger partial charge in [0.25, 0.3) is 0 Å². The molecule has 0 N–H and O–H groups in total. The first-order valence-electron chi connectivity index (χ1n) is 8.36. The smallest absolute Gasteiger partial charge is 0.119 e. The molecule has 2 aromatic rings. The molecular formula is C21H29NO. The van der Waals surface area contributed by atoms with Crippen LogP contribution in [-0.4, -0.2) is 19.1 Å². The van der Waals surface area contributed by atoms with Gasteiger partial charge in [0.2, 0.25) is 0 Å². The summed E-state index contributed by atoms with van der Waals surface area (Å²) in [6.07, 6.45) is 0. The maximum absolute atomic E-state index is 5.37. The highest BCUT2D eigenvalue weighted by atomic mass is 16.5. The van der Waals surface area contributed by atoms with E-state index < -0.39 is 0 Å². The lowest BCUT2D eigenvalue weighted by Crippen LogP contribution is -2.31. The number of ether oxygens (including phenoxy) is 1. The normalized spacial score (nSPS) is 14.1. The largest absolute Gasteiger partial charge is 0.497 e. The summed E-state index contributed by atoms with van der Waals surface area (Å²) in [5.41, 5.74) is 3.97. The average Bonchev–Trinajstić information content (AvgIpc) is 2.55. The van der Waals surface area contributed by atoms with Crippen molar-refractivity contribution >= 4 is 0 Å². The van der Waals surface area contributed by atoms with Crippen LogP contribution in [0.3, 0.4) is 0 Å². The predicted octanol–water partition coefficient (Wildman–Crippen LogP) is 5.39. The number of nitrogens with zero attached hydrogens (tertiary/aromatic N) is 1. The van der Waals surface area contributed by atoms with Crippen molar-refractivity contribution in [2.45, 2.75) is 39.8 Å². The Hall–Kier alpha value is -1.80. The van der Waals surface area contributed by atoms with Gasteiger partial charge in [-0.1, -0.05) is 55.8 Å². The van der Waals surface area contributed by atoms with Crippen molar-refractivity contribution in [1.29, 1.82) is 0 Å². The van der Waals surface area contributed by atoms with Crippen LogP contribution in [0.1, 0.15) is 49.5 Å². The predicted molar refractivity (Wildman–Crippen MR) is 97.9 cm³/mol. The minimum absolute atomic E-state index is 0.318. The van der Waals surface area contributed by atoms with E-state index in [2.05, 4.69) is 82.1 Å². The van der Waals surface area contributed by atoms with Crippen LogP contribution in [0, 0.1) is 12.8 Å². The molecule has 2 rings (SSSR count). The highest BCUT2D eigenvalue weighted by Crippen LogP contribution is 2.34. The van der Waals surface area contributed by atoms with E-state index in [4.69, 9.17) is 4.74 Å². The van der Waals surface area contributed by atoms with Gasteiger partial charge in [0, 0.05) is 12.1 Å². The molecule has 2 atom stereocenters. The topological polar surface area (TPSA) is 12.5 Å². The maximum Gasteiger partial charge on any atom is 0.119 e. The van der Waals surface area contributed by atoms with Crippen molar-refractivity contribution in [3.63, 3.8) is 0 Å². The van der Waals surface area contributed by atoms with Crippen molar-refractivity contribution in [3.8, 4) is 5.75 Å². The molecule has 0 spiro atoms. The molecule has 0 heterocycles. The molecule has 1 unspecified atom stereocenters. The average molecular weight is 311 g/mol. The lowest BCUT2D eigenvalue weighted by atomic mass is 9.92. The van der Waals surface area contributed by atoms with E-state index in [1.807, 2.05) is 6.07 Å². The fourth-order valence-corrected chi connectivity index (χ4v) is 3.23. The first-order valence-corrected chi connectivity index (χ1v) is 8.36. The van der Waals surface area contributed by atoms with Crippen LogP contribution in [0.15, 0.2) is 48.5 Å². The third-order valence-electron chi connectivity index (χ3n) is 4.68. The van der Waals surface area contributed by atoms with Gasteiger partial charge in [-0.05, 0) is 50.1 Å². The first-order chi connectivity index (χ1) is 10.9. The monoisotopic (exact) mass is 311 g/mol. The van der Waals surface area contributed by atoms with Crippen LogP contribution < -0.4 is 4.74 Å². The summed E-state index contributed by atoms with van der Waals surface area (Å²) in [4.78, 5) is 2.46. The molecule has 0 aromatic heterocycles. The van der Waals surface area contributed by atoms with E-state index in [-0.39, 0.29) is 0 Å². The Bertz CT molecular complexity index is 618. The summed E-state index contributed by atoms with van der Waals surface area (Å²) in [5, 5.41) is 0. The molecule has 0 radical (unpaired) electrons. The zero-order valence-corrected chi connectivity index (χ0v) is 15.2. The lowest BCUT2D eigenvalue weighted by Gasteiger charge is -2.36. The Kier molecular flexibility index (Phi) is 5.84. The van der Waals surface area contributed by atoms with Crippen LogP contribution in [0.2, 0.25) is 0 Å². The second-order valence-electron chi connectivity index (χ2n) is 6.72. The molecule has 124 valence electrons. The van der Waals surface area contributed by atoms with Crippen LogP contribution in [0.5, 0.6) is 5.75 Å². The van der Waals surface area contributed by atoms with Crippen molar-refractivity contribution in [1.82, 2.24) is 4.90 Å². The number of rotatable bonds is 6. The molecule has 0 aliphatic rings. The summed E-state index contributed by atoms with van der Waals surface area (Å²) >= 11 is 0. The molecule has 0 amide bonds. The van der Waals surface area contributed by atoms with E-state index in [9.17, 15) is 0 Å². The van der Waals surface area contributed by atoms with E-state index in [1.54, 1.807) is 7.11 Å². The number of aryl methyl sites for hydroxylation is 1. The molecule has 0 aliphatic heterocycles. The minimum Gasteiger partial charge on any atom is -0.497 e. The van der Waals surface area contributed by atoms with Gasteiger partial charge < -0.3 is 4.74 Å². The van der Waals surface area contributed by atoms with Crippen molar-refractivity contribution < 1.29 is 4.74 Å². The van der Waals surface area contributed by atoms with Gasteiger partial charge in [-0.2, -0.15) is 0 Å². The third kappa shape index (κ3) is 4.14. The van der Waals surface area contributed by atoms with Crippen molar-refractivity contribution in [2.75, 3.05) is 14.2 Å². The van der Waals surface area contributed by atoms with Gasteiger partial charge in [-0.25, -0.2) is 0 Å². The molecule has 0 saturated heterocycles.